The van der Waals surface area contributed by atoms with E-state index in [2.05, 4.69) is 48.3 Å². The van der Waals surface area contributed by atoms with Gasteiger partial charge in [-0.05, 0) is 30.5 Å². The van der Waals surface area contributed by atoms with Gasteiger partial charge in [0.2, 0.25) is 0 Å². The van der Waals surface area contributed by atoms with E-state index in [0.717, 1.165) is 22.9 Å². The number of nitrogens with zero attached hydrogens (tertiary/aromatic N) is 1. The smallest absolute Gasteiger partial charge is 0.119 e. The molecule has 0 atom stereocenters. The molecule has 20 heavy (non-hydrogen) atoms. The van der Waals surface area contributed by atoms with Crippen molar-refractivity contribution in [3.8, 4) is 6.07 Å². The lowest BCUT2D eigenvalue weighted by Crippen LogP contribution is -1.91. The van der Waals surface area contributed by atoms with Crippen molar-refractivity contribution in [2.75, 3.05) is 5.73 Å². The van der Waals surface area contributed by atoms with Crippen molar-refractivity contribution in [3.05, 3.63) is 64.7 Å². The summed E-state index contributed by atoms with van der Waals surface area (Å²) < 4.78 is 0. The van der Waals surface area contributed by atoms with Gasteiger partial charge in [0, 0.05) is 10.9 Å². The van der Waals surface area contributed by atoms with Crippen LogP contribution in [0.25, 0.3) is 10.9 Å². The lowest BCUT2D eigenvalue weighted by Gasteiger charge is -2.05. The molecule has 98 valence electrons. The van der Waals surface area contributed by atoms with Crippen LogP contribution in [0, 0.1) is 18.3 Å². The maximum Gasteiger partial charge on any atom is 0.119 e. The normalized spacial score (nSPS) is 10.6. The highest BCUT2D eigenvalue weighted by molar-refractivity contribution is 5.93. The Morgan fingerprint density at radius 2 is 1.90 bits per heavy atom. The summed E-state index contributed by atoms with van der Waals surface area (Å²) in [5.74, 6) is 0.443. The molecule has 3 N–H and O–H groups in total. The van der Waals surface area contributed by atoms with Gasteiger partial charge >= 0.3 is 0 Å². The van der Waals surface area contributed by atoms with E-state index in [1.807, 2.05) is 12.1 Å². The molecule has 0 saturated heterocycles. The van der Waals surface area contributed by atoms with Crippen LogP contribution in [-0.2, 0) is 6.42 Å². The second-order valence-corrected chi connectivity index (χ2v) is 5.03. The monoisotopic (exact) mass is 261 g/mol. The summed E-state index contributed by atoms with van der Waals surface area (Å²) in [5.41, 5.74) is 10.9. The van der Waals surface area contributed by atoms with Gasteiger partial charge in [-0.15, -0.1) is 0 Å². The van der Waals surface area contributed by atoms with Crippen LogP contribution in [0.3, 0.4) is 0 Å². The molecule has 1 aromatic heterocycles. The summed E-state index contributed by atoms with van der Waals surface area (Å²) in [6.45, 7) is 2.07. The summed E-state index contributed by atoms with van der Waals surface area (Å²) >= 11 is 0. The lowest BCUT2D eigenvalue weighted by molar-refractivity contribution is 1.20. The van der Waals surface area contributed by atoms with Crippen LogP contribution in [0.2, 0.25) is 0 Å². The van der Waals surface area contributed by atoms with Gasteiger partial charge in [-0.3, -0.25) is 0 Å². The third-order valence-electron chi connectivity index (χ3n) is 3.57. The fourth-order valence-corrected chi connectivity index (χ4v) is 2.53. The van der Waals surface area contributed by atoms with Gasteiger partial charge in [-0.2, -0.15) is 5.26 Å². The van der Waals surface area contributed by atoms with Crippen molar-refractivity contribution in [1.29, 1.82) is 5.26 Å². The Kier molecular flexibility index (Phi) is 2.92. The Morgan fingerprint density at radius 1 is 1.15 bits per heavy atom. The molecule has 0 aliphatic carbocycles. The molecule has 0 spiro atoms. The molecular formula is C17H15N3. The van der Waals surface area contributed by atoms with Crippen LogP contribution >= 0.6 is 0 Å². The molecule has 0 aliphatic heterocycles. The summed E-state index contributed by atoms with van der Waals surface area (Å²) in [6, 6.07) is 16.6. The van der Waals surface area contributed by atoms with E-state index in [9.17, 15) is 5.26 Å². The van der Waals surface area contributed by atoms with E-state index in [0.29, 0.717) is 11.4 Å². The SMILES string of the molecule is Cc1ccc(Cc2cccc3[nH]c(N)c(C#N)c23)cc1. The molecule has 3 nitrogen and oxygen atoms in total. The molecule has 0 radical (unpaired) electrons. The minimum atomic E-state index is 0.443. The van der Waals surface area contributed by atoms with Crippen molar-refractivity contribution in [2.45, 2.75) is 13.3 Å². The standard InChI is InChI=1S/C17H15N3/c1-11-5-7-12(8-6-11)9-13-3-2-4-15-16(13)14(10-18)17(19)20-15/h2-8,20H,9,19H2,1H3. The number of nitrogens with two attached hydrogens (primary N) is 1. The molecular weight excluding hydrogens is 246 g/mol. The second-order valence-electron chi connectivity index (χ2n) is 5.03. The Labute approximate surface area is 117 Å². The molecule has 0 bridgehead atoms. The molecule has 0 amide bonds. The fourth-order valence-electron chi connectivity index (χ4n) is 2.53. The van der Waals surface area contributed by atoms with Crippen molar-refractivity contribution < 1.29 is 0 Å². The number of rotatable bonds is 2. The average molecular weight is 261 g/mol. The van der Waals surface area contributed by atoms with E-state index in [-0.39, 0.29) is 0 Å². The molecule has 0 saturated carbocycles. The zero-order chi connectivity index (χ0) is 14.1. The van der Waals surface area contributed by atoms with Crippen LogP contribution in [0.5, 0.6) is 0 Å². The predicted octanol–water partition coefficient (Wildman–Crippen LogP) is 3.52. The highest BCUT2D eigenvalue weighted by Crippen LogP contribution is 2.28. The number of hydrogen-bond donors (Lipinski definition) is 2. The molecule has 2 aromatic carbocycles. The zero-order valence-corrected chi connectivity index (χ0v) is 11.3. The summed E-state index contributed by atoms with van der Waals surface area (Å²) in [4.78, 5) is 3.07. The zero-order valence-electron chi connectivity index (χ0n) is 11.3. The molecule has 3 rings (SSSR count). The Hall–Kier alpha value is -2.73. The van der Waals surface area contributed by atoms with Gasteiger partial charge in [0.05, 0.1) is 0 Å². The van der Waals surface area contributed by atoms with Gasteiger partial charge in [0.25, 0.3) is 0 Å². The van der Waals surface area contributed by atoms with Gasteiger partial charge in [-0.1, -0.05) is 42.0 Å². The fraction of sp³-hybridized carbons (Fsp3) is 0.118. The number of aromatic nitrogens is 1. The lowest BCUT2D eigenvalue weighted by atomic mass is 9.99. The van der Waals surface area contributed by atoms with Gasteiger partial charge < -0.3 is 10.7 Å². The molecule has 1 heterocycles. The van der Waals surface area contributed by atoms with Crippen LogP contribution in [0.15, 0.2) is 42.5 Å². The number of hydrogen-bond acceptors (Lipinski definition) is 2. The third kappa shape index (κ3) is 2.02. The highest BCUT2D eigenvalue weighted by atomic mass is 14.9. The molecule has 0 aliphatic rings. The van der Waals surface area contributed by atoms with E-state index in [1.165, 1.54) is 11.1 Å². The maximum atomic E-state index is 9.28. The number of benzene rings is 2. The van der Waals surface area contributed by atoms with E-state index >= 15 is 0 Å². The van der Waals surface area contributed by atoms with E-state index in [1.54, 1.807) is 0 Å². The van der Waals surface area contributed by atoms with Gasteiger partial charge in [0.15, 0.2) is 0 Å². The van der Waals surface area contributed by atoms with E-state index < -0.39 is 0 Å². The first-order valence-corrected chi connectivity index (χ1v) is 6.53. The molecule has 3 aromatic rings. The first kappa shape index (κ1) is 12.3. The van der Waals surface area contributed by atoms with Crippen LogP contribution < -0.4 is 5.73 Å². The molecule has 0 fully saturated rings. The van der Waals surface area contributed by atoms with Gasteiger partial charge in [-0.25, -0.2) is 0 Å². The minimum Gasteiger partial charge on any atom is -0.384 e. The van der Waals surface area contributed by atoms with Crippen molar-refractivity contribution >= 4 is 16.7 Å². The van der Waals surface area contributed by atoms with Crippen molar-refractivity contribution in [2.24, 2.45) is 0 Å². The van der Waals surface area contributed by atoms with Gasteiger partial charge in [0.1, 0.15) is 17.5 Å². The van der Waals surface area contributed by atoms with Crippen LogP contribution in [0.1, 0.15) is 22.3 Å². The average Bonchev–Trinajstić information content (AvgIpc) is 2.77. The number of aryl methyl sites for hydroxylation is 1. The number of aromatic amines is 1. The number of fused-ring (bicyclic) bond motifs is 1. The molecule has 3 heteroatoms. The molecule has 0 unspecified atom stereocenters. The maximum absolute atomic E-state index is 9.28. The number of H-pyrrole nitrogens is 1. The number of anilines is 1. The Balaban J connectivity index is 2.12. The minimum absolute atomic E-state index is 0.443. The quantitative estimate of drug-likeness (QED) is 0.741. The summed E-state index contributed by atoms with van der Waals surface area (Å²) in [7, 11) is 0. The van der Waals surface area contributed by atoms with E-state index in [4.69, 9.17) is 5.73 Å². The third-order valence-corrected chi connectivity index (χ3v) is 3.57. The Bertz CT molecular complexity index is 805. The number of nitrogen functional groups attached to an aromatic ring is 1. The summed E-state index contributed by atoms with van der Waals surface area (Å²) in [6.07, 6.45) is 0.795. The number of nitrogens with one attached hydrogen (secondary N) is 1. The first-order chi connectivity index (χ1) is 9.69. The Morgan fingerprint density at radius 3 is 2.60 bits per heavy atom. The van der Waals surface area contributed by atoms with Crippen LogP contribution in [0.4, 0.5) is 5.82 Å². The highest BCUT2D eigenvalue weighted by Gasteiger charge is 2.12. The second kappa shape index (κ2) is 4.75. The van der Waals surface area contributed by atoms with Crippen LogP contribution in [-0.4, -0.2) is 4.98 Å². The first-order valence-electron chi connectivity index (χ1n) is 6.53. The largest absolute Gasteiger partial charge is 0.384 e. The van der Waals surface area contributed by atoms with Crippen molar-refractivity contribution in [1.82, 2.24) is 4.98 Å². The number of nitriles is 1. The predicted molar refractivity (Wildman–Crippen MR) is 81.4 cm³/mol. The summed E-state index contributed by atoms with van der Waals surface area (Å²) in [5, 5.41) is 10.2. The van der Waals surface area contributed by atoms with Crippen molar-refractivity contribution in [3.63, 3.8) is 0 Å². The topological polar surface area (TPSA) is 65.6 Å².